The van der Waals surface area contributed by atoms with E-state index in [9.17, 15) is 4.79 Å². The quantitative estimate of drug-likeness (QED) is 0.317. The normalized spacial score (nSPS) is 11.4. The van der Waals surface area contributed by atoms with Gasteiger partial charge in [0.25, 0.3) is 0 Å². The lowest BCUT2D eigenvalue weighted by molar-refractivity contribution is 0.104. The fourth-order valence-corrected chi connectivity index (χ4v) is 4.43. The molecule has 0 spiro atoms. The largest absolute Gasteiger partial charge is 0.289 e. The average molecular weight is 398 g/mol. The highest BCUT2D eigenvalue weighted by atomic mass is 16.1. The van der Waals surface area contributed by atoms with Crippen molar-refractivity contribution in [1.29, 1.82) is 0 Å². The van der Waals surface area contributed by atoms with Crippen LogP contribution in [0.1, 0.15) is 15.9 Å². The van der Waals surface area contributed by atoms with Gasteiger partial charge in [0.1, 0.15) is 0 Å². The molecule has 0 atom stereocenters. The average Bonchev–Trinajstić information content (AvgIpc) is 3.17. The minimum Gasteiger partial charge on any atom is -0.289 e. The molecule has 0 radical (unpaired) electrons. The van der Waals surface area contributed by atoms with E-state index in [1.807, 2.05) is 95.5 Å². The number of hydrogen-bond acceptors (Lipinski definition) is 2. The van der Waals surface area contributed by atoms with Crippen LogP contribution in [0.25, 0.3) is 38.4 Å². The molecule has 0 amide bonds. The van der Waals surface area contributed by atoms with Gasteiger partial charge in [-0.3, -0.25) is 4.79 Å². The summed E-state index contributed by atoms with van der Waals surface area (Å²) in [5, 5.41) is 6.90. The number of benzene rings is 4. The lowest BCUT2D eigenvalue weighted by Gasteiger charge is -2.12. The summed E-state index contributed by atoms with van der Waals surface area (Å²) in [4.78, 5) is 13.8. The minimum absolute atomic E-state index is 0.00793. The van der Waals surface area contributed by atoms with E-state index in [-0.39, 0.29) is 5.78 Å². The first-order chi connectivity index (χ1) is 15.3. The molecule has 0 aliphatic carbocycles. The van der Waals surface area contributed by atoms with Crippen molar-refractivity contribution in [3.8, 4) is 11.1 Å². The summed E-state index contributed by atoms with van der Waals surface area (Å²) in [7, 11) is 0. The summed E-state index contributed by atoms with van der Waals surface area (Å²) in [5.41, 5.74) is 6.14. The predicted molar refractivity (Wildman–Crippen MR) is 126 cm³/mol. The highest BCUT2D eigenvalue weighted by molar-refractivity contribution is 6.24. The summed E-state index contributed by atoms with van der Waals surface area (Å²) in [6.07, 6.45) is 0. The Kier molecular flexibility index (Phi) is 3.93. The van der Waals surface area contributed by atoms with E-state index in [0.29, 0.717) is 11.1 Å². The fraction of sp³-hybridized carbons (Fsp3) is 0. The highest BCUT2D eigenvalue weighted by Gasteiger charge is 2.24. The Hall–Kier alpha value is -4.24. The lowest BCUT2D eigenvalue weighted by Crippen LogP contribution is -2.03. The molecule has 3 heteroatoms. The van der Waals surface area contributed by atoms with Crippen LogP contribution in [0.3, 0.4) is 0 Å². The molecule has 31 heavy (non-hydrogen) atoms. The smallest absolute Gasteiger partial charge is 0.195 e. The van der Waals surface area contributed by atoms with Gasteiger partial charge in [0.15, 0.2) is 5.78 Å². The van der Waals surface area contributed by atoms with Crippen LogP contribution in [0, 0.1) is 0 Å². The second-order valence-corrected chi connectivity index (χ2v) is 7.61. The molecule has 3 nitrogen and oxygen atoms in total. The maximum Gasteiger partial charge on any atom is 0.195 e. The Morgan fingerprint density at radius 2 is 1.26 bits per heavy atom. The Bertz CT molecular complexity index is 1580. The van der Waals surface area contributed by atoms with Crippen LogP contribution in [0.2, 0.25) is 0 Å². The van der Waals surface area contributed by atoms with Gasteiger partial charge in [-0.05, 0) is 17.7 Å². The van der Waals surface area contributed by atoms with E-state index in [0.717, 1.165) is 38.4 Å². The van der Waals surface area contributed by atoms with Gasteiger partial charge < -0.3 is 0 Å². The fourth-order valence-electron chi connectivity index (χ4n) is 4.43. The third kappa shape index (κ3) is 2.67. The molecule has 0 fully saturated rings. The van der Waals surface area contributed by atoms with Gasteiger partial charge >= 0.3 is 0 Å². The van der Waals surface area contributed by atoms with Crippen molar-refractivity contribution in [3.63, 3.8) is 0 Å². The van der Waals surface area contributed by atoms with Crippen molar-refractivity contribution in [2.45, 2.75) is 0 Å². The van der Waals surface area contributed by atoms with E-state index in [1.54, 1.807) is 0 Å². The van der Waals surface area contributed by atoms with Crippen LogP contribution in [0.15, 0.2) is 109 Å². The number of carbonyl (C=O) groups excluding carboxylic acids is 1. The molecular weight excluding hydrogens is 380 g/mol. The van der Waals surface area contributed by atoms with Gasteiger partial charge in [0.05, 0.1) is 22.1 Å². The Morgan fingerprint density at radius 3 is 2.03 bits per heavy atom. The number of ketones is 1. The number of aromatic nitrogens is 2. The number of hydrogen-bond donors (Lipinski definition) is 0. The van der Waals surface area contributed by atoms with E-state index >= 15 is 0 Å². The molecule has 0 bridgehead atoms. The molecule has 6 rings (SSSR count). The van der Waals surface area contributed by atoms with Crippen molar-refractivity contribution in [2.24, 2.45) is 0 Å². The number of para-hydroxylation sites is 1. The first kappa shape index (κ1) is 17.6. The van der Waals surface area contributed by atoms with Crippen LogP contribution < -0.4 is 0 Å². The first-order valence-electron chi connectivity index (χ1n) is 10.3. The standard InChI is InChI=1S/C28H18N2O/c31-28(20-13-5-2-6-14-20)26-22-16-8-10-18-24(22)30-27(26)25(19-11-3-1-4-12-19)21-15-7-9-17-23(21)29-30/h1-18H. The maximum absolute atomic E-state index is 13.8. The lowest BCUT2D eigenvalue weighted by atomic mass is 9.95. The van der Waals surface area contributed by atoms with E-state index in [2.05, 4.69) is 18.2 Å². The number of rotatable bonds is 3. The predicted octanol–water partition coefficient (Wildman–Crippen LogP) is 6.54. The number of carbonyl (C=O) groups is 1. The summed E-state index contributed by atoms with van der Waals surface area (Å²) in [6, 6.07) is 35.9. The molecule has 2 aromatic heterocycles. The van der Waals surface area contributed by atoms with Gasteiger partial charge in [-0.2, -0.15) is 5.10 Å². The molecule has 2 heterocycles. The van der Waals surface area contributed by atoms with E-state index in [4.69, 9.17) is 5.10 Å². The van der Waals surface area contributed by atoms with Crippen LogP contribution in [-0.2, 0) is 0 Å². The topological polar surface area (TPSA) is 34.4 Å². The first-order valence-corrected chi connectivity index (χ1v) is 10.3. The molecule has 0 aliphatic heterocycles. The van der Waals surface area contributed by atoms with Crippen molar-refractivity contribution >= 4 is 33.1 Å². The van der Waals surface area contributed by atoms with E-state index < -0.39 is 0 Å². The molecular formula is C28H18N2O. The number of nitrogens with zero attached hydrogens (tertiary/aromatic N) is 2. The Balaban J connectivity index is 1.85. The molecule has 146 valence electrons. The zero-order valence-electron chi connectivity index (χ0n) is 16.7. The summed E-state index contributed by atoms with van der Waals surface area (Å²) < 4.78 is 1.94. The third-order valence-electron chi connectivity index (χ3n) is 5.79. The molecule has 0 saturated carbocycles. The monoisotopic (exact) mass is 398 g/mol. The summed E-state index contributed by atoms with van der Waals surface area (Å²) >= 11 is 0. The zero-order chi connectivity index (χ0) is 20.8. The zero-order valence-corrected chi connectivity index (χ0v) is 16.7. The second kappa shape index (κ2) is 6.92. The van der Waals surface area contributed by atoms with Crippen molar-refractivity contribution in [3.05, 3.63) is 120 Å². The molecule has 4 aromatic carbocycles. The van der Waals surface area contributed by atoms with Gasteiger partial charge in [-0.1, -0.05) is 97.1 Å². The SMILES string of the molecule is O=C(c1ccccc1)c1c2ccccc2n2nc3ccccc3c(-c3ccccc3)c12. The van der Waals surface area contributed by atoms with Crippen LogP contribution in [-0.4, -0.2) is 15.4 Å². The Morgan fingerprint density at radius 1 is 0.645 bits per heavy atom. The van der Waals surface area contributed by atoms with Gasteiger partial charge in [0, 0.05) is 21.9 Å². The van der Waals surface area contributed by atoms with E-state index in [1.165, 1.54) is 0 Å². The summed E-state index contributed by atoms with van der Waals surface area (Å²) in [6.45, 7) is 0. The second-order valence-electron chi connectivity index (χ2n) is 7.61. The molecule has 0 saturated heterocycles. The minimum atomic E-state index is 0.00793. The van der Waals surface area contributed by atoms with Gasteiger partial charge in [-0.25, -0.2) is 4.52 Å². The Labute approximate surface area is 179 Å². The van der Waals surface area contributed by atoms with Crippen molar-refractivity contribution in [2.75, 3.05) is 0 Å². The maximum atomic E-state index is 13.8. The van der Waals surface area contributed by atoms with Crippen molar-refractivity contribution < 1.29 is 4.79 Å². The number of fused-ring (bicyclic) bond motifs is 4. The van der Waals surface area contributed by atoms with Crippen molar-refractivity contribution in [1.82, 2.24) is 9.61 Å². The third-order valence-corrected chi connectivity index (χ3v) is 5.79. The summed E-state index contributed by atoms with van der Waals surface area (Å²) in [5.74, 6) is 0.00793. The van der Waals surface area contributed by atoms with Gasteiger partial charge in [0.2, 0.25) is 0 Å². The van der Waals surface area contributed by atoms with Gasteiger partial charge in [-0.15, -0.1) is 0 Å². The molecule has 6 aromatic rings. The van der Waals surface area contributed by atoms with Crippen LogP contribution >= 0.6 is 0 Å². The van der Waals surface area contributed by atoms with Crippen LogP contribution in [0.4, 0.5) is 0 Å². The highest BCUT2D eigenvalue weighted by Crippen LogP contribution is 2.38. The molecule has 0 unspecified atom stereocenters. The molecule has 0 N–H and O–H groups in total. The molecule has 0 aliphatic rings. The van der Waals surface area contributed by atoms with Crippen LogP contribution in [0.5, 0.6) is 0 Å².